The van der Waals surface area contributed by atoms with Gasteiger partial charge < -0.3 is 9.72 Å². The number of benzene rings is 2. The molecule has 0 aliphatic carbocycles. The Morgan fingerprint density at radius 3 is 2.62 bits per heavy atom. The molecule has 0 fully saturated rings. The molecule has 0 aliphatic rings. The Morgan fingerprint density at radius 2 is 1.86 bits per heavy atom. The van der Waals surface area contributed by atoms with Crippen LogP contribution in [0.3, 0.4) is 0 Å². The average molecular weight is 288 g/mol. The first-order chi connectivity index (χ1) is 10.0. The molecule has 3 aromatic rings. The largest absolute Gasteiger partial charge is 0.491 e. The van der Waals surface area contributed by atoms with Crippen LogP contribution in [-0.2, 0) is 0 Å². The van der Waals surface area contributed by atoms with Crippen molar-refractivity contribution in [1.29, 1.82) is 0 Å². The van der Waals surface area contributed by atoms with E-state index in [1.807, 2.05) is 38.1 Å². The van der Waals surface area contributed by atoms with E-state index < -0.39 is 11.6 Å². The number of H-pyrrole nitrogens is 1. The molecule has 0 saturated heterocycles. The van der Waals surface area contributed by atoms with Crippen LogP contribution in [0.5, 0.6) is 5.75 Å². The van der Waals surface area contributed by atoms with Crippen molar-refractivity contribution in [3.05, 3.63) is 48.0 Å². The summed E-state index contributed by atoms with van der Waals surface area (Å²) >= 11 is 0. The Morgan fingerprint density at radius 1 is 1.10 bits per heavy atom. The third kappa shape index (κ3) is 2.72. The Bertz CT molecular complexity index is 757. The van der Waals surface area contributed by atoms with Crippen LogP contribution in [0.15, 0.2) is 36.4 Å². The first-order valence-electron chi connectivity index (χ1n) is 6.65. The summed E-state index contributed by atoms with van der Waals surface area (Å²) in [5, 5.41) is 0. The van der Waals surface area contributed by atoms with Crippen LogP contribution in [0.2, 0.25) is 0 Å². The predicted octanol–water partition coefficient (Wildman–Crippen LogP) is 4.30. The topological polar surface area (TPSA) is 37.9 Å². The maximum Gasteiger partial charge on any atom is 0.161 e. The first-order valence-corrected chi connectivity index (χ1v) is 6.65. The molecule has 0 aliphatic heterocycles. The molecule has 2 aromatic carbocycles. The Kier molecular flexibility index (Phi) is 3.33. The van der Waals surface area contributed by atoms with Gasteiger partial charge in [-0.3, -0.25) is 0 Å². The molecule has 0 atom stereocenters. The zero-order chi connectivity index (χ0) is 15.0. The van der Waals surface area contributed by atoms with Gasteiger partial charge in [-0.15, -0.1) is 0 Å². The van der Waals surface area contributed by atoms with E-state index in [0.29, 0.717) is 16.9 Å². The number of rotatable bonds is 3. The predicted molar refractivity (Wildman–Crippen MR) is 77.2 cm³/mol. The average Bonchev–Trinajstić information content (AvgIpc) is 2.82. The van der Waals surface area contributed by atoms with Crippen molar-refractivity contribution in [2.24, 2.45) is 0 Å². The molecule has 0 saturated carbocycles. The number of fused-ring (bicyclic) bond motifs is 1. The number of aromatic amines is 1. The van der Waals surface area contributed by atoms with Crippen LogP contribution in [0.25, 0.3) is 22.4 Å². The van der Waals surface area contributed by atoms with Gasteiger partial charge in [0.05, 0.1) is 17.1 Å². The minimum Gasteiger partial charge on any atom is -0.491 e. The molecule has 0 spiro atoms. The van der Waals surface area contributed by atoms with E-state index in [9.17, 15) is 8.78 Å². The van der Waals surface area contributed by atoms with Gasteiger partial charge in [-0.1, -0.05) is 12.1 Å². The Labute approximate surface area is 120 Å². The van der Waals surface area contributed by atoms with E-state index in [-0.39, 0.29) is 6.10 Å². The minimum absolute atomic E-state index is 0.0686. The highest BCUT2D eigenvalue weighted by molar-refractivity contribution is 5.79. The Balaban J connectivity index is 2.04. The molecule has 0 unspecified atom stereocenters. The van der Waals surface area contributed by atoms with Gasteiger partial charge in [-0.25, -0.2) is 13.8 Å². The highest BCUT2D eigenvalue weighted by atomic mass is 19.2. The molecule has 3 rings (SSSR count). The second-order valence-corrected chi connectivity index (χ2v) is 5.06. The van der Waals surface area contributed by atoms with Gasteiger partial charge in [0.1, 0.15) is 11.6 Å². The van der Waals surface area contributed by atoms with Gasteiger partial charge in [0.25, 0.3) is 0 Å². The van der Waals surface area contributed by atoms with Gasteiger partial charge in [0, 0.05) is 17.7 Å². The van der Waals surface area contributed by atoms with Crippen LogP contribution < -0.4 is 4.74 Å². The van der Waals surface area contributed by atoms with E-state index in [4.69, 9.17) is 4.74 Å². The first kappa shape index (κ1) is 13.5. The number of imidazole rings is 1. The van der Waals surface area contributed by atoms with E-state index >= 15 is 0 Å². The molecule has 108 valence electrons. The molecule has 0 amide bonds. The fraction of sp³-hybridized carbons (Fsp3) is 0.188. The summed E-state index contributed by atoms with van der Waals surface area (Å²) < 4.78 is 32.1. The standard InChI is InChI=1S/C16H14F2N2O/c1-9(2)21-11-5-3-4-10(6-11)16-19-14-7-12(17)13(18)8-15(14)20-16/h3-9H,1-2H3,(H,19,20). The van der Waals surface area contributed by atoms with Gasteiger partial charge in [-0.05, 0) is 26.0 Å². The van der Waals surface area contributed by atoms with Crippen molar-refractivity contribution in [1.82, 2.24) is 9.97 Å². The van der Waals surface area contributed by atoms with E-state index in [1.54, 1.807) is 0 Å². The Hall–Kier alpha value is -2.43. The van der Waals surface area contributed by atoms with E-state index in [2.05, 4.69) is 9.97 Å². The number of ether oxygens (including phenoxy) is 1. The van der Waals surface area contributed by atoms with Crippen LogP contribution >= 0.6 is 0 Å². The second-order valence-electron chi connectivity index (χ2n) is 5.06. The van der Waals surface area contributed by atoms with Crippen LogP contribution in [0, 0.1) is 11.6 Å². The zero-order valence-electron chi connectivity index (χ0n) is 11.7. The summed E-state index contributed by atoms with van der Waals surface area (Å²) in [6.07, 6.45) is 0.0686. The molecule has 1 aromatic heterocycles. The summed E-state index contributed by atoms with van der Waals surface area (Å²) in [4.78, 5) is 7.27. The van der Waals surface area contributed by atoms with Crippen molar-refractivity contribution in [2.75, 3.05) is 0 Å². The smallest absolute Gasteiger partial charge is 0.161 e. The molecule has 0 radical (unpaired) electrons. The van der Waals surface area contributed by atoms with Crippen molar-refractivity contribution in [3.63, 3.8) is 0 Å². The normalized spacial score (nSPS) is 11.3. The van der Waals surface area contributed by atoms with Crippen molar-refractivity contribution in [3.8, 4) is 17.1 Å². The second kappa shape index (κ2) is 5.16. The van der Waals surface area contributed by atoms with Crippen LogP contribution in [0.4, 0.5) is 8.78 Å². The van der Waals surface area contributed by atoms with Gasteiger partial charge in [-0.2, -0.15) is 0 Å². The number of nitrogens with one attached hydrogen (secondary N) is 1. The summed E-state index contributed by atoms with van der Waals surface area (Å²) in [7, 11) is 0. The quantitative estimate of drug-likeness (QED) is 0.780. The summed E-state index contributed by atoms with van der Waals surface area (Å²) in [6, 6.07) is 9.59. The van der Waals surface area contributed by atoms with Crippen molar-refractivity contribution >= 4 is 11.0 Å². The molecule has 5 heteroatoms. The van der Waals surface area contributed by atoms with Crippen LogP contribution in [0.1, 0.15) is 13.8 Å². The minimum atomic E-state index is -0.905. The monoisotopic (exact) mass is 288 g/mol. The molecule has 21 heavy (non-hydrogen) atoms. The third-order valence-electron chi connectivity index (χ3n) is 3.00. The number of nitrogens with zero attached hydrogens (tertiary/aromatic N) is 1. The number of hydrogen-bond acceptors (Lipinski definition) is 2. The lowest BCUT2D eigenvalue weighted by Crippen LogP contribution is -2.05. The van der Waals surface area contributed by atoms with Crippen molar-refractivity contribution in [2.45, 2.75) is 20.0 Å². The fourth-order valence-electron chi connectivity index (χ4n) is 2.13. The maximum absolute atomic E-state index is 13.2. The lowest BCUT2D eigenvalue weighted by atomic mass is 10.2. The number of aromatic nitrogens is 2. The zero-order valence-corrected chi connectivity index (χ0v) is 11.7. The number of hydrogen-bond donors (Lipinski definition) is 1. The van der Waals surface area contributed by atoms with Crippen molar-refractivity contribution < 1.29 is 13.5 Å². The van der Waals surface area contributed by atoms with Gasteiger partial charge in [0.2, 0.25) is 0 Å². The van der Waals surface area contributed by atoms with Gasteiger partial charge in [0.15, 0.2) is 11.6 Å². The molecule has 0 bridgehead atoms. The van der Waals surface area contributed by atoms with E-state index in [1.165, 1.54) is 0 Å². The summed E-state index contributed by atoms with van der Waals surface area (Å²) in [5.41, 5.74) is 1.64. The molecule has 1 N–H and O–H groups in total. The molecule has 1 heterocycles. The third-order valence-corrected chi connectivity index (χ3v) is 3.00. The van der Waals surface area contributed by atoms with Crippen LogP contribution in [-0.4, -0.2) is 16.1 Å². The lowest BCUT2D eigenvalue weighted by molar-refractivity contribution is 0.242. The summed E-state index contributed by atoms with van der Waals surface area (Å²) in [5.74, 6) is -0.531. The molecular weight excluding hydrogens is 274 g/mol. The summed E-state index contributed by atoms with van der Waals surface area (Å²) in [6.45, 7) is 3.89. The molecule has 3 nitrogen and oxygen atoms in total. The maximum atomic E-state index is 13.2. The van der Waals surface area contributed by atoms with Gasteiger partial charge >= 0.3 is 0 Å². The lowest BCUT2D eigenvalue weighted by Gasteiger charge is -2.10. The number of halogens is 2. The highest BCUT2D eigenvalue weighted by Gasteiger charge is 2.10. The SMILES string of the molecule is CC(C)Oc1cccc(-c2nc3cc(F)c(F)cc3[nH]2)c1. The fourth-order valence-corrected chi connectivity index (χ4v) is 2.13. The molecular formula is C16H14F2N2O. The highest BCUT2D eigenvalue weighted by Crippen LogP contribution is 2.25. The van der Waals surface area contributed by atoms with E-state index in [0.717, 1.165) is 23.4 Å².